The Morgan fingerprint density at radius 3 is 2.06 bits per heavy atom. The van der Waals surface area contributed by atoms with Crippen molar-refractivity contribution in [3.63, 3.8) is 0 Å². The average Bonchev–Trinajstić information content (AvgIpc) is 2.30. The molecule has 1 heteroatoms. The van der Waals surface area contributed by atoms with E-state index in [2.05, 4.69) is 33.0 Å². The molecule has 0 aliphatic carbocycles. The fourth-order valence-corrected chi connectivity index (χ4v) is 2.22. The summed E-state index contributed by atoms with van der Waals surface area (Å²) in [6.45, 7) is 9.21. The van der Waals surface area contributed by atoms with Gasteiger partial charge in [0.2, 0.25) is 0 Å². The average molecular weight is 227 g/mol. The molecule has 0 radical (unpaired) electrons. The van der Waals surface area contributed by atoms with Gasteiger partial charge in [-0.05, 0) is 26.2 Å². The van der Waals surface area contributed by atoms with Crippen LogP contribution in [0, 0.1) is 0 Å². The molecule has 98 valence electrons. The van der Waals surface area contributed by atoms with Gasteiger partial charge in [0.1, 0.15) is 0 Å². The molecule has 2 unspecified atom stereocenters. The summed E-state index contributed by atoms with van der Waals surface area (Å²) in [5.41, 5.74) is 0. The molecule has 0 amide bonds. The molecular formula is C15H33N. The van der Waals surface area contributed by atoms with Crippen LogP contribution in [0.1, 0.15) is 85.5 Å². The van der Waals surface area contributed by atoms with Gasteiger partial charge in [-0.2, -0.15) is 0 Å². The Labute approximate surface area is 103 Å². The third-order valence-electron chi connectivity index (χ3n) is 3.41. The highest BCUT2D eigenvalue weighted by Crippen LogP contribution is 2.09. The summed E-state index contributed by atoms with van der Waals surface area (Å²) in [7, 11) is 0. The predicted octanol–water partition coefficient (Wildman–Crippen LogP) is 4.90. The molecule has 0 bridgehead atoms. The van der Waals surface area contributed by atoms with Gasteiger partial charge >= 0.3 is 0 Å². The Bertz CT molecular complexity index is 133. The normalized spacial score (nSPS) is 15.0. The van der Waals surface area contributed by atoms with E-state index in [1.165, 1.54) is 57.8 Å². The van der Waals surface area contributed by atoms with Crippen LogP contribution in [0.3, 0.4) is 0 Å². The van der Waals surface area contributed by atoms with E-state index in [1.54, 1.807) is 0 Å². The minimum Gasteiger partial charge on any atom is -0.312 e. The number of rotatable bonds is 11. The maximum atomic E-state index is 3.78. The summed E-state index contributed by atoms with van der Waals surface area (Å²) in [6, 6.07) is 1.46. The minimum atomic E-state index is 0.707. The van der Waals surface area contributed by atoms with E-state index in [9.17, 15) is 0 Å². The van der Waals surface area contributed by atoms with E-state index in [-0.39, 0.29) is 0 Å². The number of unbranched alkanes of at least 4 members (excludes halogenated alkanes) is 4. The van der Waals surface area contributed by atoms with Crippen molar-refractivity contribution in [2.75, 3.05) is 0 Å². The zero-order valence-corrected chi connectivity index (χ0v) is 12.0. The first-order valence-electron chi connectivity index (χ1n) is 7.50. The number of hydrogen-bond donors (Lipinski definition) is 1. The van der Waals surface area contributed by atoms with E-state index < -0.39 is 0 Å². The second kappa shape index (κ2) is 11.4. The van der Waals surface area contributed by atoms with Crippen molar-refractivity contribution in [3.8, 4) is 0 Å². The van der Waals surface area contributed by atoms with Gasteiger partial charge in [-0.15, -0.1) is 0 Å². The Morgan fingerprint density at radius 1 is 0.812 bits per heavy atom. The van der Waals surface area contributed by atoms with Gasteiger partial charge in [0, 0.05) is 12.1 Å². The molecule has 0 saturated heterocycles. The number of nitrogens with one attached hydrogen (secondary N) is 1. The summed E-state index contributed by atoms with van der Waals surface area (Å²) in [5, 5.41) is 3.78. The molecule has 0 aromatic rings. The van der Waals surface area contributed by atoms with Crippen molar-refractivity contribution in [1.82, 2.24) is 5.32 Å². The van der Waals surface area contributed by atoms with Crippen molar-refractivity contribution in [3.05, 3.63) is 0 Å². The highest BCUT2D eigenvalue weighted by Gasteiger charge is 2.09. The van der Waals surface area contributed by atoms with E-state index in [0.29, 0.717) is 6.04 Å². The van der Waals surface area contributed by atoms with Gasteiger partial charge in [0.15, 0.2) is 0 Å². The van der Waals surface area contributed by atoms with Crippen LogP contribution in [0.4, 0.5) is 0 Å². The fraction of sp³-hybridized carbons (Fsp3) is 1.00. The highest BCUT2D eigenvalue weighted by molar-refractivity contribution is 4.70. The maximum absolute atomic E-state index is 3.78. The van der Waals surface area contributed by atoms with Crippen LogP contribution in [0.15, 0.2) is 0 Å². The van der Waals surface area contributed by atoms with E-state index in [1.807, 2.05) is 0 Å². The van der Waals surface area contributed by atoms with Gasteiger partial charge in [-0.1, -0.05) is 59.3 Å². The molecule has 0 aromatic heterocycles. The SMILES string of the molecule is CCCCCCC(C)NC(CC)CCCC. The topological polar surface area (TPSA) is 12.0 Å². The first kappa shape index (κ1) is 16.0. The lowest BCUT2D eigenvalue weighted by Gasteiger charge is -2.22. The lowest BCUT2D eigenvalue weighted by molar-refractivity contribution is 0.382. The number of hydrogen-bond acceptors (Lipinski definition) is 1. The van der Waals surface area contributed by atoms with E-state index in [4.69, 9.17) is 0 Å². The van der Waals surface area contributed by atoms with Crippen molar-refractivity contribution in [2.24, 2.45) is 0 Å². The largest absolute Gasteiger partial charge is 0.312 e. The first-order valence-corrected chi connectivity index (χ1v) is 7.50. The van der Waals surface area contributed by atoms with Gasteiger partial charge in [0.25, 0.3) is 0 Å². The van der Waals surface area contributed by atoms with Crippen LogP contribution in [0.5, 0.6) is 0 Å². The summed E-state index contributed by atoms with van der Waals surface area (Å²) in [5.74, 6) is 0. The van der Waals surface area contributed by atoms with Crippen molar-refractivity contribution in [1.29, 1.82) is 0 Å². The molecular weight excluding hydrogens is 194 g/mol. The van der Waals surface area contributed by atoms with Crippen molar-refractivity contribution in [2.45, 2.75) is 97.6 Å². The van der Waals surface area contributed by atoms with Gasteiger partial charge in [-0.25, -0.2) is 0 Å². The van der Waals surface area contributed by atoms with Gasteiger partial charge in [0.05, 0.1) is 0 Å². The van der Waals surface area contributed by atoms with E-state index >= 15 is 0 Å². The quantitative estimate of drug-likeness (QED) is 0.495. The van der Waals surface area contributed by atoms with Gasteiger partial charge < -0.3 is 5.32 Å². The van der Waals surface area contributed by atoms with Gasteiger partial charge in [-0.3, -0.25) is 0 Å². The molecule has 0 aliphatic rings. The third-order valence-corrected chi connectivity index (χ3v) is 3.41. The molecule has 0 rings (SSSR count). The monoisotopic (exact) mass is 227 g/mol. The zero-order valence-electron chi connectivity index (χ0n) is 12.0. The molecule has 0 aliphatic heterocycles. The summed E-state index contributed by atoms with van der Waals surface area (Å²) < 4.78 is 0. The molecule has 2 atom stereocenters. The first-order chi connectivity index (χ1) is 7.74. The van der Waals surface area contributed by atoms with Crippen molar-refractivity contribution >= 4 is 0 Å². The lowest BCUT2D eigenvalue weighted by Crippen LogP contribution is -2.36. The molecule has 1 nitrogen and oxygen atoms in total. The Hall–Kier alpha value is -0.0400. The molecule has 0 aromatic carbocycles. The second-order valence-corrected chi connectivity index (χ2v) is 5.16. The standard InChI is InChI=1S/C15H33N/c1-5-8-10-11-12-14(4)16-15(7-3)13-9-6-2/h14-16H,5-13H2,1-4H3. The third kappa shape index (κ3) is 9.21. The molecule has 1 N–H and O–H groups in total. The summed E-state index contributed by atoms with van der Waals surface area (Å²) >= 11 is 0. The van der Waals surface area contributed by atoms with Crippen LogP contribution in [-0.4, -0.2) is 12.1 Å². The Balaban J connectivity index is 3.53. The molecule has 0 saturated carbocycles. The fourth-order valence-electron chi connectivity index (χ4n) is 2.22. The summed E-state index contributed by atoms with van der Waals surface area (Å²) in [4.78, 5) is 0. The van der Waals surface area contributed by atoms with Crippen LogP contribution in [-0.2, 0) is 0 Å². The zero-order chi connectivity index (χ0) is 12.2. The van der Waals surface area contributed by atoms with E-state index in [0.717, 1.165) is 6.04 Å². The lowest BCUT2D eigenvalue weighted by atomic mass is 10.0. The maximum Gasteiger partial charge on any atom is 0.00669 e. The molecule has 0 fully saturated rings. The van der Waals surface area contributed by atoms with Crippen LogP contribution in [0.2, 0.25) is 0 Å². The van der Waals surface area contributed by atoms with Crippen LogP contribution >= 0.6 is 0 Å². The van der Waals surface area contributed by atoms with Crippen LogP contribution in [0.25, 0.3) is 0 Å². The molecule has 0 heterocycles. The van der Waals surface area contributed by atoms with Crippen molar-refractivity contribution < 1.29 is 0 Å². The summed E-state index contributed by atoms with van der Waals surface area (Å²) in [6.07, 6.45) is 12.2. The second-order valence-electron chi connectivity index (χ2n) is 5.16. The predicted molar refractivity (Wildman–Crippen MR) is 75.0 cm³/mol. The molecule has 0 spiro atoms. The smallest absolute Gasteiger partial charge is 0.00669 e. The molecule has 16 heavy (non-hydrogen) atoms. The van der Waals surface area contributed by atoms with Crippen LogP contribution < -0.4 is 5.32 Å². The highest BCUT2D eigenvalue weighted by atomic mass is 14.9. The Kier molecular flexibility index (Phi) is 11.4. The Morgan fingerprint density at radius 2 is 1.50 bits per heavy atom. The minimum absolute atomic E-state index is 0.707.